The van der Waals surface area contributed by atoms with E-state index in [1.807, 2.05) is 0 Å². The summed E-state index contributed by atoms with van der Waals surface area (Å²) in [5.74, 6) is -0.385. The molecule has 1 aromatic carbocycles. The van der Waals surface area contributed by atoms with Crippen LogP contribution in [0.5, 0.6) is 0 Å². The number of carbonyl (C=O) groups is 1. The fourth-order valence-corrected chi connectivity index (χ4v) is 2.54. The molecule has 1 unspecified atom stereocenters. The molecule has 3 N–H and O–H groups in total. The summed E-state index contributed by atoms with van der Waals surface area (Å²) in [5.41, 5.74) is 5.87. The van der Waals surface area contributed by atoms with Gasteiger partial charge in [-0.3, -0.25) is 4.79 Å². The molecule has 1 rings (SSSR count). The standard InChI is InChI=1S/C13H21N3O3S/c1-10(7-8-14)13(17)15-11-5-4-6-12(9-11)20(18,19)16(2)3/h4-6,9-10H,7-8,14H2,1-3H3,(H,15,17). The van der Waals surface area contributed by atoms with Crippen LogP contribution in [0.1, 0.15) is 13.3 Å². The van der Waals surface area contributed by atoms with Crippen LogP contribution in [-0.4, -0.2) is 39.3 Å². The molecular weight excluding hydrogens is 278 g/mol. The molecule has 0 bridgehead atoms. The number of nitrogens with one attached hydrogen (secondary N) is 1. The molecule has 0 saturated heterocycles. The number of hydrogen-bond acceptors (Lipinski definition) is 4. The van der Waals surface area contributed by atoms with Crippen molar-refractivity contribution in [1.82, 2.24) is 4.31 Å². The van der Waals surface area contributed by atoms with Crippen LogP contribution in [0.3, 0.4) is 0 Å². The van der Waals surface area contributed by atoms with E-state index in [0.29, 0.717) is 18.7 Å². The third-order valence-electron chi connectivity index (χ3n) is 2.93. The van der Waals surface area contributed by atoms with Gasteiger partial charge in [0.1, 0.15) is 0 Å². The fourth-order valence-electron chi connectivity index (χ4n) is 1.59. The van der Waals surface area contributed by atoms with E-state index in [9.17, 15) is 13.2 Å². The third-order valence-corrected chi connectivity index (χ3v) is 4.74. The van der Waals surface area contributed by atoms with E-state index in [4.69, 9.17) is 5.73 Å². The Morgan fingerprint density at radius 2 is 2.05 bits per heavy atom. The van der Waals surface area contributed by atoms with Crippen LogP contribution in [0.15, 0.2) is 29.2 Å². The molecule has 1 aromatic rings. The van der Waals surface area contributed by atoms with Gasteiger partial charge in [0.25, 0.3) is 0 Å². The molecule has 0 radical (unpaired) electrons. The second kappa shape index (κ2) is 6.83. The van der Waals surface area contributed by atoms with Crippen LogP contribution in [0.2, 0.25) is 0 Å². The van der Waals surface area contributed by atoms with Crippen molar-refractivity contribution in [2.45, 2.75) is 18.2 Å². The van der Waals surface area contributed by atoms with Crippen LogP contribution in [0.25, 0.3) is 0 Å². The average molecular weight is 299 g/mol. The van der Waals surface area contributed by atoms with Crippen molar-refractivity contribution >= 4 is 21.6 Å². The van der Waals surface area contributed by atoms with Crippen LogP contribution in [0, 0.1) is 5.92 Å². The SMILES string of the molecule is CC(CCN)C(=O)Nc1cccc(S(=O)(=O)N(C)C)c1. The van der Waals surface area contributed by atoms with Gasteiger partial charge in [-0.05, 0) is 31.2 Å². The number of rotatable bonds is 6. The molecule has 0 aliphatic rings. The highest BCUT2D eigenvalue weighted by Gasteiger charge is 2.18. The number of nitrogens with zero attached hydrogens (tertiary/aromatic N) is 1. The topological polar surface area (TPSA) is 92.5 Å². The minimum atomic E-state index is -3.50. The van der Waals surface area contributed by atoms with Gasteiger partial charge in [-0.2, -0.15) is 0 Å². The Kier molecular flexibility index (Phi) is 5.67. The summed E-state index contributed by atoms with van der Waals surface area (Å²) in [7, 11) is -0.579. The van der Waals surface area contributed by atoms with Crippen LogP contribution in [0.4, 0.5) is 5.69 Å². The molecule has 0 aromatic heterocycles. The minimum absolute atomic E-state index is 0.145. The minimum Gasteiger partial charge on any atom is -0.330 e. The molecule has 0 heterocycles. The van der Waals surface area contributed by atoms with Crippen molar-refractivity contribution in [1.29, 1.82) is 0 Å². The zero-order valence-corrected chi connectivity index (χ0v) is 12.8. The van der Waals surface area contributed by atoms with E-state index in [1.165, 1.54) is 26.2 Å². The maximum atomic E-state index is 12.0. The monoisotopic (exact) mass is 299 g/mol. The lowest BCUT2D eigenvalue weighted by atomic mass is 10.1. The van der Waals surface area contributed by atoms with E-state index >= 15 is 0 Å². The number of hydrogen-bond donors (Lipinski definition) is 2. The maximum Gasteiger partial charge on any atom is 0.242 e. The van der Waals surface area contributed by atoms with Gasteiger partial charge < -0.3 is 11.1 Å². The molecule has 0 saturated carbocycles. The predicted molar refractivity (Wildman–Crippen MR) is 78.8 cm³/mol. The fraction of sp³-hybridized carbons (Fsp3) is 0.462. The zero-order chi connectivity index (χ0) is 15.3. The molecule has 20 heavy (non-hydrogen) atoms. The molecular formula is C13H21N3O3S. The molecule has 0 aliphatic carbocycles. The summed E-state index contributed by atoms with van der Waals surface area (Å²) in [5, 5.41) is 2.70. The van der Waals surface area contributed by atoms with Crippen molar-refractivity contribution < 1.29 is 13.2 Å². The van der Waals surface area contributed by atoms with Crippen LogP contribution in [-0.2, 0) is 14.8 Å². The Morgan fingerprint density at radius 3 is 2.60 bits per heavy atom. The summed E-state index contributed by atoms with van der Waals surface area (Å²) < 4.78 is 25.1. The highest BCUT2D eigenvalue weighted by molar-refractivity contribution is 7.89. The van der Waals surface area contributed by atoms with Gasteiger partial charge >= 0.3 is 0 Å². The molecule has 6 nitrogen and oxygen atoms in total. The molecule has 7 heteroatoms. The Labute approximate surface area is 120 Å². The lowest BCUT2D eigenvalue weighted by molar-refractivity contribution is -0.119. The number of benzene rings is 1. The maximum absolute atomic E-state index is 12.0. The van der Waals surface area contributed by atoms with Crippen molar-refractivity contribution in [3.8, 4) is 0 Å². The first kappa shape index (κ1) is 16.6. The molecule has 0 fully saturated rings. The number of nitrogens with two attached hydrogens (primary N) is 1. The molecule has 112 valence electrons. The molecule has 1 atom stereocenters. The lowest BCUT2D eigenvalue weighted by Gasteiger charge is -2.14. The first-order valence-corrected chi connectivity index (χ1v) is 7.76. The van der Waals surface area contributed by atoms with E-state index in [0.717, 1.165) is 4.31 Å². The summed E-state index contributed by atoms with van der Waals surface area (Å²) >= 11 is 0. The first-order valence-electron chi connectivity index (χ1n) is 6.32. The number of sulfonamides is 1. The number of carbonyl (C=O) groups excluding carboxylic acids is 1. The summed E-state index contributed by atoms with van der Waals surface area (Å²) in [6, 6.07) is 6.19. The van der Waals surface area contributed by atoms with E-state index in [1.54, 1.807) is 19.1 Å². The third kappa shape index (κ3) is 4.03. The van der Waals surface area contributed by atoms with E-state index in [-0.39, 0.29) is 16.7 Å². The van der Waals surface area contributed by atoms with Crippen molar-refractivity contribution in [3.63, 3.8) is 0 Å². The lowest BCUT2D eigenvalue weighted by Crippen LogP contribution is -2.24. The Hall–Kier alpha value is -1.44. The molecule has 0 spiro atoms. The zero-order valence-electron chi connectivity index (χ0n) is 12.0. The van der Waals surface area contributed by atoms with Crippen molar-refractivity contribution in [2.75, 3.05) is 26.0 Å². The Bertz CT molecular complexity index is 570. The van der Waals surface area contributed by atoms with E-state index in [2.05, 4.69) is 5.32 Å². The molecule has 1 amide bonds. The first-order chi connectivity index (χ1) is 9.28. The van der Waals surface area contributed by atoms with Gasteiger partial charge in [-0.15, -0.1) is 0 Å². The smallest absolute Gasteiger partial charge is 0.242 e. The van der Waals surface area contributed by atoms with Gasteiger partial charge in [0.15, 0.2) is 0 Å². The van der Waals surface area contributed by atoms with Crippen LogP contribution < -0.4 is 11.1 Å². The molecule has 0 aliphatic heterocycles. The van der Waals surface area contributed by atoms with Gasteiger partial charge in [0.05, 0.1) is 4.90 Å². The summed E-state index contributed by atoms with van der Waals surface area (Å²) in [6.45, 7) is 2.21. The highest BCUT2D eigenvalue weighted by atomic mass is 32.2. The predicted octanol–water partition coefficient (Wildman–Crippen LogP) is 0.860. The van der Waals surface area contributed by atoms with Gasteiger partial charge in [0.2, 0.25) is 15.9 Å². The largest absolute Gasteiger partial charge is 0.330 e. The van der Waals surface area contributed by atoms with Gasteiger partial charge in [-0.25, -0.2) is 12.7 Å². The summed E-state index contributed by atoms with van der Waals surface area (Å²) in [4.78, 5) is 12.0. The average Bonchev–Trinajstić information content (AvgIpc) is 2.39. The Morgan fingerprint density at radius 1 is 1.40 bits per heavy atom. The number of amides is 1. The van der Waals surface area contributed by atoms with Gasteiger partial charge in [0, 0.05) is 25.7 Å². The Balaban J connectivity index is 2.92. The summed E-state index contributed by atoms with van der Waals surface area (Å²) in [6.07, 6.45) is 0.585. The normalized spacial score (nSPS) is 13.2. The second-order valence-corrected chi connectivity index (χ2v) is 6.93. The van der Waals surface area contributed by atoms with Crippen molar-refractivity contribution in [3.05, 3.63) is 24.3 Å². The highest BCUT2D eigenvalue weighted by Crippen LogP contribution is 2.18. The second-order valence-electron chi connectivity index (χ2n) is 4.78. The van der Waals surface area contributed by atoms with E-state index < -0.39 is 10.0 Å². The quantitative estimate of drug-likeness (QED) is 0.815. The van der Waals surface area contributed by atoms with Crippen LogP contribution >= 0.6 is 0 Å². The number of anilines is 1. The van der Waals surface area contributed by atoms with Gasteiger partial charge in [-0.1, -0.05) is 13.0 Å². The van der Waals surface area contributed by atoms with Crippen molar-refractivity contribution in [2.24, 2.45) is 11.7 Å².